The van der Waals surface area contributed by atoms with Crippen LogP contribution in [0.4, 0.5) is 0 Å². The van der Waals surface area contributed by atoms with Gasteiger partial charge in [-0.1, -0.05) is 13.8 Å². The first-order valence-corrected chi connectivity index (χ1v) is 4.79. The minimum Gasteiger partial charge on any atom is -0.324 e. The third-order valence-electron chi connectivity index (χ3n) is 2.06. The second kappa shape index (κ2) is 4.38. The van der Waals surface area contributed by atoms with Gasteiger partial charge >= 0.3 is 0 Å². The largest absolute Gasteiger partial charge is 0.324 e. The molecule has 0 spiro atoms. The molecule has 0 saturated heterocycles. The molecular weight excluding hydrogens is 160 g/mol. The van der Waals surface area contributed by atoms with Gasteiger partial charge in [0, 0.05) is 18.4 Å². The molecule has 0 aliphatic carbocycles. The Morgan fingerprint density at radius 2 is 2.08 bits per heavy atom. The molecule has 2 N–H and O–H groups in total. The molecule has 1 heterocycles. The summed E-state index contributed by atoms with van der Waals surface area (Å²) >= 11 is 0. The number of rotatable bonds is 3. The van der Waals surface area contributed by atoms with Gasteiger partial charge in [0.1, 0.15) is 0 Å². The van der Waals surface area contributed by atoms with Crippen molar-refractivity contribution in [2.24, 2.45) is 11.7 Å². The van der Waals surface area contributed by atoms with Crippen LogP contribution in [-0.2, 0) is 6.42 Å². The summed E-state index contributed by atoms with van der Waals surface area (Å²) in [5.41, 5.74) is 8.36. The maximum absolute atomic E-state index is 5.85. The van der Waals surface area contributed by atoms with Gasteiger partial charge in [-0.15, -0.1) is 0 Å². The molecule has 0 aliphatic heterocycles. The average molecular weight is 178 g/mol. The lowest BCUT2D eigenvalue weighted by Crippen LogP contribution is -2.10. The summed E-state index contributed by atoms with van der Waals surface area (Å²) in [6.07, 6.45) is 4.80. The van der Waals surface area contributed by atoms with Crippen LogP contribution in [0.1, 0.15) is 37.9 Å². The number of hydrogen-bond acceptors (Lipinski definition) is 2. The van der Waals surface area contributed by atoms with Crippen LogP contribution in [0.15, 0.2) is 18.5 Å². The third-order valence-corrected chi connectivity index (χ3v) is 2.06. The van der Waals surface area contributed by atoms with Gasteiger partial charge in [-0.2, -0.15) is 0 Å². The minimum atomic E-state index is 0.0856. The molecule has 1 rings (SSSR count). The molecule has 0 saturated carbocycles. The molecule has 13 heavy (non-hydrogen) atoms. The fourth-order valence-corrected chi connectivity index (χ4v) is 1.47. The zero-order chi connectivity index (χ0) is 9.84. The fourth-order valence-electron chi connectivity index (χ4n) is 1.47. The Labute approximate surface area is 80.2 Å². The standard InChI is InChI=1S/C11H18N2/c1-8(2)6-10-4-5-13-7-11(10)9(3)12/h4-5,7-9H,6,12H2,1-3H3. The number of hydrogen-bond donors (Lipinski definition) is 1. The van der Waals surface area contributed by atoms with Gasteiger partial charge in [0.25, 0.3) is 0 Å². The SMILES string of the molecule is CC(C)Cc1ccncc1C(C)N. The highest BCUT2D eigenvalue weighted by molar-refractivity contribution is 5.26. The van der Waals surface area contributed by atoms with Crippen molar-refractivity contribution in [1.29, 1.82) is 0 Å². The van der Waals surface area contributed by atoms with E-state index in [1.807, 2.05) is 19.3 Å². The van der Waals surface area contributed by atoms with Gasteiger partial charge in [-0.05, 0) is 36.5 Å². The quantitative estimate of drug-likeness (QED) is 0.771. The van der Waals surface area contributed by atoms with Crippen molar-refractivity contribution in [2.45, 2.75) is 33.2 Å². The van der Waals surface area contributed by atoms with E-state index in [2.05, 4.69) is 24.9 Å². The Morgan fingerprint density at radius 1 is 1.38 bits per heavy atom. The molecule has 2 nitrogen and oxygen atoms in total. The molecule has 1 aromatic rings. The Bertz CT molecular complexity index is 267. The summed E-state index contributed by atoms with van der Waals surface area (Å²) in [4.78, 5) is 4.09. The van der Waals surface area contributed by atoms with Gasteiger partial charge in [-0.25, -0.2) is 0 Å². The molecule has 0 aliphatic rings. The van der Waals surface area contributed by atoms with Crippen LogP contribution in [0.3, 0.4) is 0 Å². The van der Waals surface area contributed by atoms with Crippen LogP contribution in [0.25, 0.3) is 0 Å². The van der Waals surface area contributed by atoms with Crippen LogP contribution in [0, 0.1) is 5.92 Å². The van der Waals surface area contributed by atoms with Crippen molar-refractivity contribution in [1.82, 2.24) is 4.98 Å². The Balaban J connectivity index is 2.91. The predicted molar refractivity (Wildman–Crippen MR) is 55.4 cm³/mol. The first-order chi connectivity index (χ1) is 6.11. The van der Waals surface area contributed by atoms with Crippen molar-refractivity contribution < 1.29 is 0 Å². The molecule has 72 valence electrons. The van der Waals surface area contributed by atoms with Gasteiger partial charge in [0.05, 0.1) is 0 Å². The second-order valence-electron chi connectivity index (χ2n) is 3.96. The van der Waals surface area contributed by atoms with Crippen LogP contribution in [0.5, 0.6) is 0 Å². The van der Waals surface area contributed by atoms with E-state index < -0.39 is 0 Å². The molecule has 2 heteroatoms. The van der Waals surface area contributed by atoms with Crippen molar-refractivity contribution in [2.75, 3.05) is 0 Å². The zero-order valence-electron chi connectivity index (χ0n) is 8.62. The van der Waals surface area contributed by atoms with Crippen molar-refractivity contribution >= 4 is 0 Å². The summed E-state index contributed by atoms with van der Waals surface area (Å²) in [6, 6.07) is 2.15. The highest BCUT2D eigenvalue weighted by atomic mass is 14.7. The van der Waals surface area contributed by atoms with Crippen molar-refractivity contribution in [3.63, 3.8) is 0 Å². The van der Waals surface area contributed by atoms with Crippen molar-refractivity contribution in [3.8, 4) is 0 Å². The molecule has 0 aromatic carbocycles. The molecule has 0 radical (unpaired) electrons. The van der Waals surface area contributed by atoms with Gasteiger partial charge in [-0.3, -0.25) is 4.98 Å². The van der Waals surface area contributed by atoms with Crippen LogP contribution >= 0.6 is 0 Å². The minimum absolute atomic E-state index is 0.0856. The summed E-state index contributed by atoms with van der Waals surface area (Å²) < 4.78 is 0. The maximum Gasteiger partial charge on any atom is 0.0318 e. The zero-order valence-corrected chi connectivity index (χ0v) is 8.62. The van der Waals surface area contributed by atoms with E-state index in [0.717, 1.165) is 6.42 Å². The van der Waals surface area contributed by atoms with Crippen LogP contribution in [-0.4, -0.2) is 4.98 Å². The lowest BCUT2D eigenvalue weighted by Gasteiger charge is -2.13. The van der Waals surface area contributed by atoms with E-state index in [1.165, 1.54) is 11.1 Å². The summed E-state index contributed by atoms with van der Waals surface area (Å²) in [6.45, 7) is 6.43. The van der Waals surface area contributed by atoms with E-state index in [-0.39, 0.29) is 6.04 Å². The van der Waals surface area contributed by atoms with Gasteiger partial charge < -0.3 is 5.73 Å². The van der Waals surface area contributed by atoms with Gasteiger partial charge in [0.15, 0.2) is 0 Å². The Kier molecular flexibility index (Phi) is 3.43. The van der Waals surface area contributed by atoms with E-state index in [1.54, 1.807) is 0 Å². The monoisotopic (exact) mass is 178 g/mol. The lowest BCUT2D eigenvalue weighted by molar-refractivity contribution is 0.635. The third kappa shape index (κ3) is 2.81. The highest BCUT2D eigenvalue weighted by Crippen LogP contribution is 2.17. The van der Waals surface area contributed by atoms with Gasteiger partial charge in [0.2, 0.25) is 0 Å². The normalized spacial score (nSPS) is 13.3. The average Bonchev–Trinajstić information content (AvgIpc) is 2.03. The van der Waals surface area contributed by atoms with E-state index in [9.17, 15) is 0 Å². The predicted octanol–water partition coefficient (Wildman–Crippen LogP) is 2.30. The number of aromatic nitrogens is 1. The summed E-state index contributed by atoms with van der Waals surface area (Å²) in [7, 11) is 0. The first-order valence-electron chi connectivity index (χ1n) is 4.79. The molecule has 1 atom stereocenters. The first kappa shape index (κ1) is 10.2. The lowest BCUT2D eigenvalue weighted by atomic mass is 9.97. The molecule has 1 unspecified atom stereocenters. The summed E-state index contributed by atoms with van der Waals surface area (Å²) in [5, 5.41) is 0. The van der Waals surface area contributed by atoms with Crippen LogP contribution in [0.2, 0.25) is 0 Å². The van der Waals surface area contributed by atoms with E-state index in [4.69, 9.17) is 5.73 Å². The Morgan fingerprint density at radius 3 is 2.62 bits per heavy atom. The van der Waals surface area contributed by atoms with E-state index in [0.29, 0.717) is 5.92 Å². The maximum atomic E-state index is 5.85. The molecular formula is C11H18N2. The number of nitrogens with two attached hydrogens (primary N) is 1. The second-order valence-corrected chi connectivity index (χ2v) is 3.96. The fraction of sp³-hybridized carbons (Fsp3) is 0.545. The Hall–Kier alpha value is -0.890. The number of pyridine rings is 1. The van der Waals surface area contributed by atoms with Crippen LogP contribution < -0.4 is 5.73 Å². The number of nitrogens with zero attached hydrogens (tertiary/aromatic N) is 1. The molecule has 0 bridgehead atoms. The smallest absolute Gasteiger partial charge is 0.0318 e. The molecule has 0 fully saturated rings. The molecule has 1 aromatic heterocycles. The highest BCUT2D eigenvalue weighted by Gasteiger charge is 2.07. The summed E-state index contributed by atoms with van der Waals surface area (Å²) in [5.74, 6) is 0.667. The molecule has 0 amide bonds. The topological polar surface area (TPSA) is 38.9 Å². The van der Waals surface area contributed by atoms with Crippen molar-refractivity contribution in [3.05, 3.63) is 29.6 Å². The van der Waals surface area contributed by atoms with E-state index >= 15 is 0 Å².